The van der Waals surface area contributed by atoms with E-state index < -0.39 is 5.60 Å². The molecule has 2 fully saturated rings. The van der Waals surface area contributed by atoms with E-state index in [-0.39, 0.29) is 5.92 Å². The zero-order valence-corrected chi connectivity index (χ0v) is 13.7. The zero-order valence-electron chi connectivity index (χ0n) is 13.7. The van der Waals surface area contributed by atoms with Crippen LogP contribution < -0.4 is 0 Å². The van der Waals surface area contributed by atoms with Crippen molar-refractivity contribution in [2.45, 2.75) is 44.4 Å². The fraction of sp³-hybridized carbons (Fsp3) is 0.611. The summed E-state index contributed by atoms with van der Waals surface area (Å²) in [6.45, 7) is 5.35. The molecule has 0 saturated carbocycles. The highest BCUT2D eigenvalue weighted by atomic mass is 16.5. The number of hydrogen-bond donors (Lipinski definition) is 2. The lowest BCUT2D eigenvalue weighted by molar-refractivity contribution is -0.123. The molecule has 3 atom stereocenters. The summed E-state index contributed by atoms with van der Waals surface area (Å²) in [5.41, 5.74) is 1.77. The number of benzene rings is 1. The van der Waals surface area contributed by atoms with Gasteiger partial charge in [0.2, 0.25) is 0 Å². The molecule has 1 aromatic carbocycles. The fourth-order valence-electron chi connectivity index (χ4n) is 4.20. The zero-order chi connectivity index (χ0) is 15.9. The van der Waals surface area contributed by atoms with Crippen LogP contribution in [0.2, 0.25) is 0 Å². The Bertz CT molecular complexity index is 682. The minimum Gasteiger partial charge on any atom is -0.390 e. The molecule has 2 aliphatic heterocycles. The summed E-state index contributed by atoms with van der Waals surface area (Å²) in [6.07, 6.45) is 4.94. The van der Waals surface area contributed by atoms with Gasteiger partial charge in [0.15, 0.2) is 0 Å². The largest absolute Gasteiger partial charge is 0.390 e. The van der Waals surface area contributed by atoms with Gasteiger partial charge in [-0.1, -0.05) is 12.1 Å². The Balaban J connectivity index is 1.53. The first-order valence-corrected chi connectivity index (χ1v) is 8.60. The topological polar surface area (TPSA) is 61.4 Å². The van der Waals surface area contributed by atoms with Crippen LogP contribution >= 0.6 is 0 Å². The second-order valence-corrected chi connectivity index (χ2v) is 7.26. The molecule has 0 aliphatic carbocycles. The number of rotatable bonds is 3. The summed E-state index contributed by atoms with van der Waals surface area (Å²) in [6, 6.07) is 6.90. The lowest BCUT2D eigenvalue weighted by Crippen LogP contribution is -2.52. The Morgan fingerprint density at radius 3 is 3.26 bits per heavy atom. The monoisotopic (exact) mass is 315 g/mol. The Labute approximate surface area is 136 Å². The number of hydrogen-bond acceptors (Lipinski definition) is 4. The van der Waals surface area contributed by atoms with Gasteiger partial charge < -0.3 is 9.84 Å². The van der Waals surface area contributed by atoms with Gasteiger partial charge in [-0.3, -0.25) is 10.00 Å². The van der Waals surface area contributed by atoms with E-state index in [4.69, 9.17) is 4.74 Å². The van der Waals surface area contributed by atoms with Gasteiger partial charge in [0.05, 0.1) is 23.9 Å². The molecule has 3 unspecified atom stereocenters. The van der Waals surface area contributed by atoms with Crippen LogP contribution in [0, 0.1) is 5.92 Å². The second kappa shape index (κ2) is 5.89. The number of aromatic nitrogens is 2. The predicted octanol–water partition coefficient (Wildman–Crippen LogP) is 2.31. The number of fused-ring (bicyclic) bond motifs is 1. The molecule has 5 nitrogen and oxygen atoms in total. The number of aromatic amines is 1. The molecule has 2 aliphatic rings. The number of nitrogens with one attached hydrogen (secondary N) is 1. The van der Waals surface area contributed by atoms with Crippen molar-refractivity contribution in [3.8, 4) is 0 Å². The smallest absolute Gasteiger partial charge is 0.0706 e. The first kappa shape index (κ1) is 15.1. The number of H-pyrrole nitrogens is 1. The van der Waals surface area contributed by atoms with Crippen molar-refractivity contribution in [1.29, 1.82) is 0 Å². The third kappa shape index (κ3) is 2.89. The number of likely N-dealkylation sites (tertiary alicyclic amines) is 1. The molecule has 1 aromatic heterocycles. The predicted molar refractivity (Wildman–Crippen MR) is 89.1 cm³/mol. The van der Waals surface area contributed by atoms with E-state index >= 15 is 0 Å². The number of nitrogens with zero attached hydrogens (tertiary/aromatic N) is 2. The Morgan fingerprint density at radius 1 is 1.48 bits per heavy atom. The highest BCUT2D eigenvalue weighted by Crippen LogP contribution is 2.36. The van der Waals surface area contributed by atoms with Gasteiger partial charge >= 0.3 is 0 Å². The maximum Gasteiger partial charge on any atom is 0.0706 e. The summed E-state index contributed by atoms with van der Waals surface area (Å²) in [5.74, 6) is 0.203. The van der Waals surface area contributed by atoms with Gasteiger partial charge in [-0.05, 0) is 44.4 Å². The maximum absolute atomic E-state index is 10.8. The van der Waals surface area contributed by atoms with Crippen LogP contribution in [0.5, 0.6) is 0 Å². The first-order chi connectivity index (χ1) is 11.1. The standard InChI is InChI=1S/C18H25N3O2/c1-18(22)6-8-23-12-15(18)17-3-2-7-21(17)11-13-4-5-14-10-19-20-16(14)9-13/h4-5,9-10,15,17,22H,2-3,6-8,11-12H2,1H3,(H,19,20). The Morgan fingerprint density at radius 2 is 2.39 bits per heavy atom. The molecule has 4 rings (SSSR count). The summed E-state index contributed by atoms with van der Waals surface area (Å²) < 4.78 is 5.68. The summed E-state index contributed by atoms with van der Waals surface area (Å²) >= 11 is 0. The fourth-order valence-corrected chi connectivity index (χ4v) is 4.20. The van der Waals surface area contributed by atoms with E-state index in [2.05, 4.69) is 33.3 Å². The van der Waals surface area contributed by atoms with Crippen molar-refractivity contribution in [1.82, 2.24) is 15.1 Å². The van der Waals surface area contributed by atoms with Crippen molar-refractivity contribution >= 4 is 10.9 Å². The average molecular weight is 315 g/mol. The highest BCUT2D eigenvalue weighted by Gasteiger charge is 2.43. The molecule has 23 heavy (non-hydrogen) atoms. The molecule has 0 spiro atoms. The number of aliphatic hydroxyl groups is 1. The van der Waals surface area contributed by atoms with Crippen LogP contribution in [0.15, 0.2) is 24.4 Å². The van der Waals surface area contributed by atoms with E-state index in [0.29, 0.717) is 19.3 Å². The lowest BCUT2D eigenvalue weighted by atomic mass is 9.79. The van der Waals surface area contributed by atoms with Crippen molar-refractivity contribution in [2.24, 2.45) is 5.92 Å². The highest BCUT2D eigenvalue weighted by molar-refractivity contribution is 5.78. The molecule has 2 saturated heterocycles. The first-order valence-electron chi connectivity index (χ1n) is 8.60. The molecule has 0 amide bonds. The van der Waals surface area contributed by atoms with E-state index in [1.165, 1.54) is 12.0 Å². The minimum atomic E-state index is -0.612. The van der Waals surface area contributed by atoms with Gasteiger partial charge in [0.1, 0.15) is 0 Å². The molecule has 2 aromatic rings. The molecular weight excluding hydrogens is 290 g/mol. The van der Waals surface area contributed by atoms with Gasteiger partial charge in [-0.25, -0.2) is 0 Å². The third-order valence-corrected chi connectivity index (χ3v) is 5.62. The van der Waals surface area contributed by atoms with Crippen LogP contribution in [0.1, 0.15) is 31.7 Å². The van der Waals surface area contributed by atoms with Gasteiger partial charge in [-0.15, -0.1) is 0 Å². The van der Waals surface area contributed by atoms with Gasteiger partial charge in [0.25, 0.3) is 0 Å². The van der Waals surface area contributed by atoms with Gasteiger partial charge in [-0.2, -0.15) is 5.10 Å². The number of ether oxygens (including phenoxy) is 1. The van der Waals surface area contributed by atoms with Crippen molar-refractivity contribution < 1.29 is 9.84 Å². The SMILES string of the molecule is CC1(O)CCOCC1C1CCCN1Cc1ccc2cn[nH]c2c1. The van der Waals surface area contributed by atoms with Crippen LogP contribution in [-0.2, 0) is 11.3 Å². The molecular formula is C18H25N3O2. The quantitative estimate of drug-likeness (QED) is 0.912. The average Bonchev–Trinajstić information content (AvgIpc) is 3.15. The van der Waals surface area contributed by atoms with Crippen molar-refractivity contribution in [2.75, 3.05) is 19.8 Å². The van der Waals surface area contributed by atoms with Crippen LogP contribution in [-0.4, -0.2) is 51.6 Å². The van der Waals surface area contributed by atoms with Crippen LogP contribution in [0.3, 0.4) is 0 Å². The van der Waals surface area contributed by atoms with E-state index in [1.54, 1.807) is 0 Å². The van der Waals surface area contributed by atoms with Crippen LogP contribution in [0.25, 0.3) is 10.9 Å². The van der Waals surface area contributed by atoms with Gasteiger partial charge in [0, 0.05) is 30.5 Å². The van der Waals surface area contributed by atoms with E-state index in [9.17, 15) is 5.11 Å². The molecule has 2 N–H and O–H groups in total. The Kier molecular flexibility index (Phi) is 3.87. The Hall–Kier alpha value is -1.43. The van der Waals surface area contributed by atoms with Crippen molar-refractivity contribution in [3.05, 3.63) is 30.0 Å². The molecule has 5 heteroatoms. The maximum atomic E-state index is 10.8. The molecule has 124 valence electrons. The lowest BCUT2D eigenvalue weighted by Gasteiger charge is -2.43. The normalized spacial score (nSPS) is 32.6. The molecule has 0 bridgehead atoms. The summed E-state index contributed by atoms with van der Waals surface area (Å²) in [7, 11) is 0. The van der Waals surface area contributed by atoms with E-state index in [1.807, 2.05) is 13.1 Å². The second-order valence-electron chi connectivity index (χ2n) is 7.26. The summed E-state index contributed by atoms with van der Waals surface area (Å²) in [4.78, 5) is 2.52. The van der Waals surface area contributed by atoms with E-state index in [0.717, 1.165) is 36.8 Å². The summed E-state index contributed by atoms with van der Waals surface area (Å²) in [5, 5.41) is 19.1. The molecule has 3 heterocycles. The molecule has 0 radical (unpaired) electrons. The van der Waals surface area contributed by atoms with Crippen molar-refractivity contribution in [3.63, 3.8) is 0 Å². The third-order valence-electron chi connectivity index (χ3n) is 5.62. The van der Waals surface area contributed by atoms with Crippen LogP contribution in [0.4, 0.5) is 0 Å². The minimum absolute atomic E-state index is 0.203.